The van der Waals surface area contributed by atoms with Gasteiger partial charge in [0.1, 0.15) is 5.75 Å². The third kappa shape index (κ3) is 3.72. The fourth-order valence-corrected chi connectivity index (χ4v) is 0.931. The van der Waals surface area contributed by atoms with Crippen molar-refractivity contribution < 1.29 is 9.90 Å². The summed E-state index contributed by atoms with van der Waals surface area (Å²) < 4.78 is 0. The fraction of sp³-hybridized carbons (Fsp3) is 0.182. The normalized spacial score (nSPS) is 9.20. The number of rotatable bonds is 3. The lowest BCUT2D eigenvalue weighted by atomic mass is 10.2. The molecule has 1 rings (SSSR count). The first-order valence-electron chi connectivity index (χ1n) is 4.58. The Balaban J connectivity index is 2.54. The molecule has 3 N–H and O–H groups in total. The second kappa shape index (κ2) is 5.05. The first kappa shape index (κ1) is 11.1. The van der Waals surface area contributed by atoms with Crippen LogP contribution in [0.4, 0.5) is 0 Å². The Morgan fingerprint density at radius 3 is 2.40 bits per heavy atom. The Kier molecular flexibility index (Phi) is 3.74. The zero-order valence-corrected chi connectivity index (χ0v) is 8.74. The van der Waals surface area contributed by atoms with Crippen LogP contribution >= 0.6 is 0 Å². The van der Waals surface area contributed by atoms with E-state index < -0.39 is 0 Å². The van der Waals surface area contributed by atoms with E-state index in [1.54, 1.807) is 18.3 Å². The summed E-state index contributed by atoms with van der Waals surface area (Å²) >= 11 is 0. The molecule has 4 heteroatoms. The Morgan fingerprint density at radius 2 is 1.87 bits per heavy atom. The van der Waals surface area contributed by atoms with Crippen molar-refractivity contribution in [2.24, 2.45) is 0 Å². The van der Waals surface area contributed by atoms with Crippen molar-refractivity contribution in [3.8, 4) is 5.75 Å². The average molecular weight is 206 g/mol. The van der Waals surface area contributed by atoms with Crippen molar-refractivity contribution in [3.05, 3.63) is 41.6 Å². The molecule has 0 aliphatic heterocycles. The molecule has 1 amide bonds. The quantitative estimate of drug-likeness (QED) is 0.657. The first-order chi connectivity index (χ1) is 7.09. The molecule has 15 heavy (non-hydrogen) atoms. The molecule has 4 nitrogen and oxygen atoms in total. The largest absolute Gasteiger partial charge is 0.508 e. The summed E-state index contributed by atoms with van der Waals surface area (Å²) in [6.45, 7) is 3.83. The third-order valence-corrected chi connectivity index (χ3v) is 1.68. The number of allylic oxidation sites excluding steroid dienone is 1. The molecule has 1 aromatic carbocycles. The number of aromatic hydroxyl groups is 1. The number of nitrogens with one attached hydrogen (secondary N) is 2. The summed E-state index contributed by atoms with van der Waals surface area (Å²) in [5, 5.41) is 9.03. The molecule has 0 aliphatic rings. The van der Waals surface area contributed by atoms with Crippen molar-refractivity contribution >= 4 is 5.91 Å². The Bertz CT molecular complexity index is 365. The van der Waals surface area contributed by atoms with Crippen LogP contribution in [0.25, 0.3) is 0 Å². The maximum atomic E-state index is 11.5. The zero-order chi connectivity index (χ0) is 11.3. The number of benzene rings is 1. The topological polar surface area (TPSA) is 61.4 Å². The minimum Gasteiger partial charge on any atom is -0.508 e. The maximum Gasteiger partial charge on any atom is 0.269 e. The molecule has 0 radical (unpaired) electrons. The van der Waals surface area contributed by atoms with Crippen molar-refractivity contribution in [3.63, 3.8) is 0 Å². The number of hydrazine groups is 1. The molecule has 80 valence electrons. The van der Waals surface area contributed by atoms with E-state index in [1.165, 1.54) is 12.1 Å². The lowest BCUT2D eigenvalue weighted by Crippen LogP contribution is -2.33. The van der Waals surface area contributed by atoms with Gasteiger partial charge in [0, 0.05) is 11.8 Å². The monoisotopic (exact) mass is 206 g/mol. The van der Waals surface area contributed by atoms with Gasteiger partial charge in [-0.05, 0) is 38.1 Å². The number of carbonyl (C=O) groups is 1. The lowest BCUT2D eigenvalue weighted by molar-refractivity contribution is 0.0941. The highest BCUT2D eigenvalue weighted by molar-refractivity contribution is 5.93. The predicted molar refractivity (Wildman–Crippen MR) is 58.1 cm³/mol. The van der Waals surface area contributed by atoms with E-state index in [-0.39, 0.29) is 11.7 Å². The van der Waals surface area contributed by atoms with Gasteiger partial charge in [-0.2, -0.15) is 0 Å². The van der Waals surface area contributed by atoms with Crippen molar-refractivity contribution in [1.82, 2.24) is 10.9 Å². The second-order valence-electron chi connectivity index (χ2n) is 3.37. The molecule has 0 atom stereocenters. The van der Waals surface area contributed by atoms with Crippen LogP contribution in [0, 0.1) is 0 Å². The maximum absolute atomic E-state index is 11.5. The highest BCUT2D eigenvalue weighted by atomic mass is 16.3. The van der Waals surface area contributed by atoms with Gasteiger partial charge in [-0.3, -0.25) is 10.2 Å². The SMILES string of the molecule is CC(C)=CNNC(=O)c1ccc(O)cc1. The van der Waals surface area contributed by atoms with Gasteiger partial charge < -0.3 is 10.5 Å². The molecule has 0 saturated carbocycles. The van der Waals surface area contributed by atoms with Crippen LogP contribution in [0.1, 0.15) is 24.2 Å². The summed E-state index contributed by atoms with van der Waals surface area (Å²) in [4.78, 5) is 11.5. The molecular weight excluding hydrogens is 192 g/mol. The Morgan fingerprint density at radius 1 is 1.27 bits per heavy atom. The average Bonchev–Trinajstić information content (AvgIpc) is 2.18. The number of phenols is 1. The van der Waals surface area contributed by atoms with Crippen molar-refractivity contribution in [2.75, 3.05) is 0 Å². The minimum absolute atomic E-state index is 0.142. The van der Waals surface area contributed by atoms with E-state index in [1.807, 2.05) is 13.8 Å². The molecule has 0 fully saturated rings. The first-order valence-corrected chi connectivity index (χ1v) is 4.58. The van der Waals surface area contributed by atoms with E-state index >= 15 is 0 Å². The van der Waals surface area contributed by atoms with Crippen molar-refractivity contribution in [2.45, 2.75) is 13.8 Å². The highest BCUT2D eigenvalue weighted by Crippen LogP contribution is 2.08. The standard InChI is InChI=1S/C11H14N2O2/c1-8(2)7-12-13-11(15)9-3-5-10(14)6-4-9/h3-7,12,14H,1-2H3,(H,13,15). The fourth-order valence-electron chi connectivity index (χ4n) is 0.931. The van der Waals surface area contributed by atoms with Gasteiger partial charge in [0.15, 0.2) is 0 Å². The van der Waals surface area contributed by atoms with Crippen LogP contribution < -0.4 is 10.9 Å². The van der Waals surface area contributed by atoms with Crippen molar-refractivity contribution in [1.29, 1.82) is 0 Å². The number of amides is 1. The van der Waals surface area contributed by atoms with E-state index in [9.17, 15) is 4.79 Å². The van der Waals surface area contributed by atoms with Crippen LogP contribution in [-0.2, 0) is 0 Å². The summed E-state index contributed by atoms with van der Waals surface area (Å²) in [6, 6.07) is 6.04. The molecule has 0 bridgehead atoms. The van der Waals surface area contributed by atoms with Gasteiger partial charge in [0.2, 0.25) is 0 Å². The smallest absolute Gasteiger partial charge is 0.269 e. The van der Waals surface area contributed by atoms with Gasteiger partial charge in [-0.1, -0.05) is 5.57 Å². The summed E-state index contributed by atoms with van der Waals surface area (Å²) in [5.41, 5.74) is 6.72. The Hall–Kier alpha value is -1.97. The molecule has 1 aromatic rings. The van der Waals surface area contributed by atoms with Crippen LogP contribution in [0.2, 0.25) is 0 Å². The number of hydrogen-bond acceptors (Lipinski definition) is 3. The third-order valence-electron chi connectivity index (χ3n) is 1.68. The van der Waals surface area contributed by atoms with Gasteiger partial charge in [-0.15, -0.1) is 0 Å². The molecule has 0 aliphatic carbocycles. The summed E-state index contributed by atoms with van der Waals surface area (Å²) in [7, 11) is 0. The molecule has 0 heterocycles. The molecule has 0 aromatic heterocycles. The van der Waals surface area contributed by atoms with Crippen LogP contribution in [0.15, 0.2) is 36.0 Å². The van der Waals surface area contributed by atoms with Crippen LogP contribution in [0.5, 0.6) is 5.75 Å². The summed E-state index contributed by atoms with van der Waals surface area (Å²) in [5.74, 6) is -0.101. The zero-order valence-electron chi connectivity index (χ0n) is 8.74. The van der Waals surface area contributed by atoms with Gasteiger partial charge in [-0.25, -0.2) is 0 Å². The summed E-state index contributed by atoms with van der Waals surface area (Å²) in [6.07, 6.45) is 1.69. The molecule has 0 saturated heterocycles. The van der Waals surface area contributed by atoms with Gasteiger partial charge >= 0.3 is 0 Å². The van der Waals surface area contributed by atoms with E-state index in [0.29, 0.717) is 5.56 Å². The second-order valence-corrected chi connectivity index (χ2v) is 3.37. The molecule has 0 spiro atoms. The van der Waals surface area contributed by atoms with Gasteiger partial charge in [0.25, 0.3) is 5.91 Å². The minimum atomic E-state index is -0.243. The van der Waals surface area contributed by atoms with Crippen LogP contribution in [-0.4, -0.2) is 11.0 Å². The number of carbonyl (C=O) groups excluding carboxylic acids is 1. The number of phenolic OH excluding ortho intramolecular Hbond substituents is 1. The predicted octanol–water partition coefficient (Wildman–Crippen LogP) is 1.55. The molecule has 0 unspecified atom stereocenters. The van der Waals surface area contributed by atoms with Gasteiger partial charge in [0.05, 0.1) is 0 Å². The van der Waals surface area contributed by atoms with Crippen LogP contribution in [0.3, 0.4) is 0 Å². The van der Waals surface area contributed by atoms with E-state index in [2.05, 4.69) is 10.9 Å². The highest BCUT2D eigenvalue weighted by Gasteiger charge is 2.02. The lowest BCUT2D eigenvalue weighted by Gasteiger charge is -2.04. The van der Waals surface area contributed by atoms with E-state index in [4.69, 9.17) is 5.11 Å². The Labute approximate surface area is 88.6 Å². The number of hydrogen-bond donors (Lipinski definition) is 3. The van der Waals surface area contributed by atoms with E-state index in [0.717, 1.165) is 5.57 Å². The molecular formula is C11H14N2O2.